The summed E-state index contributed by atoms with van der Waals surface area (Å²) < 4.78 is 2.26. The maximum absolute atomic E-state index is 6.03. The third kappa shape index (κ3) is 2.70. The van der Waals surface area contributed by atoms with E-state index >= 15 is 0 Å². The molecule has 0 aromatic heterocycles. The summed E-state index contributed by atoms with van der Waals surface area (Å²) in [5.74, 6) is 0. The fraction of sp³-hybridized carbons (Fsp3) is 0.190. The SMILES string of the molecule is [B]c1ccc2c(c1)C(C)(CC=C)C(/C=C/c1ccccc1)=[N+]2C. The maximum Gasteiger partial charge on any atom is 0.209 e. The molecule has 2 heteroatoms. The van der Waals surface area contributed by atoms with Crippen LogP contribution < -0.4 is 5.46 Å². The van der Waals surface area contributed by atoms with Gasteiger partial charge in [0.15, 0.2) is 5.71 Å². The van der Waals surface area contributed by atoms with Crippen LogP contribution in [0.1, 0.15) is 24.5 Å². The van der Waals surface area contributed by atoms with Crippen LogP contribution in [0.2, 0.25) is 0 Å². The Hall–Kier alpha value is -2.35. The van der Waals surface area contributed by atoms with E-state index in [-0.39, 0.29) is 5.41 Å². The maximum atomic E-state index is 6.03. The zero-order chi connectivity index (χ0) is 16.4. The second kappa shape index (κ2) is 6.04. The Labute approximate surface area is 140 Å². The standard InChI is InChI=1S/C21H21BN/c1-4-14-21(2)18-15-17(22)11-12-19(18)23(3)20(21)13-10-16-8-6-5-7-9-16/h4-13,15H,1,14H2,2-3H3/q+1/b13-10+. The van der Waals surface area contributed by atoms with Gasteiger partial charge in [0.2, 0.25) is 5.69 Å². The molecule has 0 aliphatic carbocycles. The molecule has 1 heterocycles. The Morgan fingerprint density at radius 2 is 1.87 bits per heavy atom. The highest BCUT2D eigenvalue weighted by Crippen LogP contribution is 2.41. The van der Waals surface area contributed by atoms with Crippen molar-refractivity contribution in [2.45, 2.75) is 18.8 Å². The smallest absolute Gasteiger partial charge is 0.198 e. The minimum atomic E-state index is -0.105. The molecule has 0 amide bonds. The van der Waals surface area contributed by atoms with E-state index in [1.54, 1.807) is 0 Å². The molecule has 1 nitrogen and oxygen atoms in total. The molecular formula is C21H21BN+. The highest BCUT2D eigenvalue weighted by atomic mass is 15.0. The number of hydrogen-bond acceptors (Lipinski definition) is 0. The minimum Gasteiger partial charge on any atom is -0.198 e. The van der Waals surface area contributed by atoms with Gasteiger partial charge in [0.05, 0.1) is 5.41 Å². The Kier molecular flexibility index (Phi) is 4.08. The van der Waals surface area contributed by atoms with Crippen LogP contribution >= 0.6 is 0 Å². The number of hydrogen-bond donors (Lipinski definition) is 0. The summed E-state index contributed by atoms with van der Waals surface area (Å²) in [6, 6.07) is 16.5. The molecule has 2 radical (unpaired) electrons. The molecule has 1 aliphatic heterocycles. The molecule has 0 spiro atoms. The van der Waals surface area contributed by atoms with E-state index in [1.807, 2.05) is 18.2 Å². The lowest BCUT2D eigenvalue weighted by Crippen LogP contribution is -2.30. The summed E-state index contributed by atoms with van der Waals surface area (Å²) in [6.45, 7) is 6.22. The van der Waals surface area contributed by atoms with Gasteiger partial charge in [-0.25, -0.2) is 0 Å². The van der Waals surface area contributed by atoms with Crippen molar-refractivity contribution >= 4 is 30.8 Å². The summed E-state index contributed by atoms with van der Waals surface area (Å²) >= 11 is 0. The normalized spacial score (nSPS) is 20.1. The number of nitrogens with zero attached hydrogens (tertiary/aromatic N) is 1. The van der Waals surface area contributed by atoms with Crippen LogP contribution in [0.15, 0.2) is 67.3 Å². The second-order valence-corrected chi connectivity index (χ2v) is 6.29. The predicted octanol–water partition coefficient (Wildman–Crippen LogP) is 3.76. The van der Waals surface area contributed by atoms with Crippen LogP contribution in [0.4, 0.5) is 5.69 Å². The van der Waals surface area contributed by atoms with Crippen molar-refractivity contribution in [2.24, 2.45) is 0 Å². The molecule has 0 N–H and O–H groups in total. The van der Waals surface area contributed by atoms with Crippen LogP contribution in [0.25, 0.3) is 6.08 Å². The molecule has 0 saturated carbocycles. The lowest BCUT2D eigenvalue weighted by molar-refractivity contribution is -0.401. The lowest BCUT2D eigenvalue weighted by Gasteiger charge is -2.20. The van der Waals surface area contributed by atoms with Crippen molar-refractivity contribution in [1.29, 1.82) is 0 Å². The van der Waals surface area contributed by atoms with Crippen molar-refractivity contribution in [3.8, 4) is 0 Å². The molecule has 0 bridgehead atoms. The van der Waals surface area contributed by atoms with Gasteiger partial charge in [-0.15, -0.1) is 6.58 Å². The lowest BCUT2D eigenvalue weighted by atomic mass is 9.75. The van der Waals surface area contributed by atoms with Crippen LogP contribution in [0, 0.1) is 0 Å². The number of benzene rings is 2. The molecule has 0 saturated heterocycles. The van der Waals surface area contributed by atoms with E-state index in [9.17, 15) is 0 Å². The molecular weight excluding hydrogens is 277 g/mol. The summed E-state index contributed by atoms with van der Waals surface area (Å²) in [5, 5.41) is 0. The van der Waals surface area contributed by atoms with Crippen LogP contribution in [-0.4, -0.2) is 25.2 Å². The van der Waals surface area contributed by atoms with Crippen LogP contribution in [-0.2, 0) is 5.41 Å². The fourth-order valence-electron chi connectivity index (χ4n) is 3.46. The molecule has 3 rings (SSSR count). The first-order valence-corrected chi connectivity index (χ1v) is 7.91. The largest absolute Gasteiger partial charge is 0.209 e. The number of fused-ring (bicyclic) bond motifs is 1. The van der Waals surface area contributed by atoms with Gasteiger partial charge in [0, 0.05) is 17.7 Å². The quantitative estimate of drug-likeness (QED) is 0.459. The summed E-state index contributed by atoms with van der Waals surface area (Å²) in [4.78, 5) is 0. The highest BCUT2D eigenvalue weighted by molar-refractivity contribution is 6.32. The van der Waals surface area contributed by atoms with E-state index in [0.717, 1.165) is 11.9 Å². The molecule has 23 heavy (non-hydrogen) atoms. The Morgan fingerprint density at radius 3 is 2.57 bits per heavy atom. The summed E-state index contributed by atoms with van der Waals surface area (Å²) in [6.07, 6.45) is 7.25. The average molecular weight is 298 g/mol. The van der Waals surface area contributed by atoms with Crippen molar-refractivity contribution in [2.75, 3.05) is 7.05 Å². The van der Waals surface area contributed by atoms with Crippen molar-refractivity contribution < 1.29 is 4.58 Å². The molecule has 0 fully saturated rings. The number of rotatable bonds is 4. The minimum absolute atomic E-state index is 0.105. The van der Waals surface area contributed by atoms with E-state index in [2.05, 4.69) is 73.7 Å². The molecule has 1 unspecified atom stereocenters. The molecule has 1 atom stereocenters. The fourth-order valence-corrected chi connectivity index (χ4v) is 3.46. The molecule has 112 valence electrons. The highest BCUT2D eigenvalue weighted by Gasteiger charge is 2.45. The van der Waals surface area contributed by atoms with Gasteiger partial charge in [-0.3, -0.25) is 0 Å². The first-order valence-electron chi connectivity index (χ1n) is 7.91. The first-order chi connectivity index (χ1) is 11.1. The molecule has 2 aromatic carbocycles. The third-order valence-electron chi connectivity index (χ3n) is 4.69. The van der Waals surface area contributed by atoms with Crippen LogP contribution in [0.5, 0.6) is 0 Å². The van der Waals surface area contributed by atoms with Crippen molar-refractivity contribution in [3.63, 3.8) is 0 Å². The molecule has 2 aromatic rings. The van der Waals surface area contributed by atoms with Crippen molar-refractivity contribution in [1.82, 2.24) is 0 Å². The predicted molar refractivity (Wildman–Crippen MR) is 100 cm³/mol. The second-order valence-electron chi connectivity index (χ2n) is 6.29. The van der Waals surface area contributed by atoms with Crippen LogP contribution in [0.3, 0.4) is 0 Å². The number of allylic oxidation sites excluding steroid dienone is 2. The Bertz CT molecular complexity index is 802. The first kappa shape index (κ1) is 15.5. The Morgan fingerprint density at radius 1 is 1.13 bits per heavy atom. The topological polar surface area (TPSA) is 3.01 Å². The van der Waals surface area contributed by atoms with E-state index < -0.39 is 0 Å². The third-order valence-corrected chi connectivity index (χ3v) is 4.69. The van der Waals surface area contributed by atoms with Gasteiger partial charge in [0.1, 0.15) is 14.9 Å². The zero-order valence-corrected chi connectivity index (χ0v) is 13.8. The van der Waals surface area contributed by atoms with E-state index in [4.69, 9.17) is 7.85 Å². The van der Waals surface area contributed by atoms with Gasteiger partial charge in [-0.2, -0.15) is 4.58 Å². The van der Waals surface area contributed by atoms with Gasteiger partial charge >= 0.3 is 0 Å². The monoisotopic (exact) mass is 298 g/mol. The summed E-state index contributed by atoms with van der Waals surface area (Å²) in [5.41, 5.74) is 5.66. The van der Waals surface area contributed by atoms with E-state index in [0.29, 0.717) is 0 Å². The average Bonchev–Trinajstić information content (AvgIpc) is 2.75. The molecule has 1 aliphatic rings. The van der Waals surface area contributed by atoms with Gasteiger partial charge in [0.25, 0.3) is 0 Å². The Balaban J connectivity index is 2.09. The van der Waals surface area contributed by atoms with Gasteiger partial charge in [-0.1, -0.05) is 54.0 Å². The summed E-state index contributed by atoms with van der Waals surface area (Å²) in [7, 11) is 8.15. The zero-order valence-electron chi connectivity index (χ0n) is 13.8. The van der Waals surface area contributed by atoms with Gasteiger partial charge in [-0.05, 0) is 25.0 Å². The van der Waals surface area contributed by atoms with Crippen molar-refractivity contribution in [3.05, 3.63) is 78.4 Å². The van der Waals surface area contributed by atoms with Gasteiger partial charge < -0.3 is 0 Å². The van der Waals surface area contributed by atoms with E-state index in [1.165, 1.54) is 22.5 Å².